The molecule has 8 nitrogen and oxygen atoms in total. The summed E-state index contributed by atoms with van der Waals surface area (Å²) in [6, 6.07) is 7.74. The zero-order chi connectivity index (χ0) is 24.9. The topological polar surface area (TPSA) is 128 Å². The fourth-order valence-corrected chi connectivity index (χ4v) is 5.12. The van der Waals surface area contributed by atoms with Crippen LogP contribution in [0.1, 0.15) is 18.4 Å². The van der Waals surface area contributed by atoms with Crippen molar-refractivity contribution in [1.29, 1.82) is 0 Å². The third-order valence-corrected chi connectivity index (χ3v) is 7.46. The van der Waals surface area contributed by atoms with Gasteiger partial charge in [-0.1, -0.05) is 29.8 Å². The van der Waals surface area contributed by atoms with Crippen molar-refractivity contribution in [2.45, 2.75) is 49.8 Å². The molecule has 1 aromatic rings. The summed E-state index contributed by atoms with van der Waals surface area (Å²) < 4.78 is 23.1. The molecular weight excluding hydrogens is 481 g/mol. The van der Waals surface area contributed by atoms with E-state index in [1.165, 1.54) is 0 Å². The number of hydrogen-bond acceptors (Lipinski definition) is 7. The van der Waals surface area contributed by atoms with Crippen LogP contribution in [-0.4, -0.2) is 84.0 Å². The van der Waals surface area contributed by atoms with Crippen LogP contribution in [0.4, 0.5) is 0 Å². The van der Waals surface area contributed by atoms with E-state index in [1.54, 1.807) is 19.4 Å². The zero-order valence-corrected chi connectivity index (χ0v) is 21.2. The van der Waals surface area contributed by atoms with Gasteiger partial charge in [0.25, 0.3) is 0 Å². The Kier molecular flexibility index (Phi) is 9.78. The standard InChI is InChI=1S/C24H35ClNO7P/c1-34(2,31)26-10-3-11-32-18-7-4-15(5-8-18)12-17-13-16(6-9-19(17)25)24-23(30)22(29)21(28)20(14-27)33-24/h4-9,16,20-24,27-30H,3,10-14H2,1-2H3,(H,26,31). The minimum Gasteiger partial charge on any atom is -0.494 e. The highest BCUT2D eigenvalue weighted by molar-refractivity contribution is 7.60. The van der Waals surface area contributed by atoms with Crippen molar-refractivity contribution in [3.8, 4) is 5.75 Å². The van der Waals surface area contributed by atoms with E-state index in [-0.39, 0.29) is 5.92 Å². The Balaban J connectivity index is 1.55. The van der Waals surface area contributed by atoms with Gasteiger partial charge in [-0.15, -0.1) is 0 Å². The Morgan fingerprint density at radius 3 is 2.50 bits per heavy atom. The molecule has 190 valence electrons. The number of rotatable bonds is 10. The molecule has 1 aliphatic heterocycles. The van der Waals surface area contributed by atoms with E-state index in [1.807, 2.05) is 30.3 Å². The fourth-order valence-electron chi connectivity index (χ4n) is 4.20. The Labute approximate surface area is 205 Å². The second-order valence-electron chi connectivity index (χ2n) is 9.25. The van der Waals surface area contributed by atoms with Gasteiger partial charge in [0.05, 0.1) is 19.3 Å². The summed E-state index contributed by atoms with van der Waals surface area (Å²) in [6.45, 7) is 4.10. The lowest BCUT2D eigenvalue weighted by Crippen LogP contribution is -2.60. The van der Waals surface area contributed by atoms with Crippen molar-refractivity contribution >= 4 is 18.9 Å². The van der Waals surface area contributed by atoms with Crippen molar-refractivity contribution in [1.82, 2.24) is 5.09 Å². The molecule has 1 aliphatic carbocycles. The normalized spacial score (nSPS) is 30.0. The molecule has 6 atom stereocenters. The molecule has 1 fully saturated rings. The molecule has 5 N–H and O–H groups in total. The van der Waals surface area contributed by atoms with Crippen LogP contribution in [0.15, 0.2) is 47.0 Å². The zero-order valence-electron chi connectivity index (χ0n) is 19.5. The molecule has 10 heteroatoms. The number of benzene rings is 1. The van der Waals surface area contributed by atoms with E-state index in [0.29, 0.717) is 31.0 Å². The van der Waals surface area contributed by atoms with Crippen LogP contribution in [0.2, 0.25) is 0 Å². The number of allylic oxidation sites excluding steroid dienone is 3. The van der Waals surface area contributed by atoms with Crippen molar-refractivity contribution < 1.29 is 34.5 Å². The summed E-state index contributed by atoms with van der Waals surface area (Å²) >= 11 is 6.45. The number of hydrogen-bond donors (Lipinski definition) is 5. The molecule has 0 radical (unpaired) electrons. The van der Waals surface area contributed by atoms with Crippen LogP contribution in [0, 0.1) is 5.92 Å². The molecule has 6 unspecified atom stereocenters. The van der Waals surface area contributed by atoms with Crippen LogP contribution >= 0.6 is 18.9 Å². The highest BCUT2D eigenvalue weighted by Gasteiger charge is 2.46. The molecule has 0 spiro atoms. The second kappa shape index (κ2) is 12.2. The van der Waals surface area contributed by atoms with E-state index in [4.69, 9.17) is 21.1 Å². The van der Waals surface area contributed by atoms with Gasteiger partial charge < -0.3 is 34.5 Å². The minimum atomic E-state index is -2.22. The average Bonchev–Trinajstić information content (AvgIpc) is 2.79. The smallest absolute Gasteiger partial charge is 0.141 e. The van der Waals surface area contributed by atoms with Gasteiger partial charge in [0.1, 0.15) is 37.5 Å². The van der Waals surface area contributed by atoms with Gasteiger partial charge in [0.2, 0.25) is 0 Å². The molecule has 0 saturated carbocycles. The number of aliphatic hydroxyl groups is 4. The summed E-state index contributed by atoms with van der Waals surface area (Å²) in [7, 11) is -2.22. The lowest BCUT2D eigenvalue weighted by molar-refractivity contribution is -0.237. The van der Waals surface area contributed by atoms with E-state index in [2.05, 4.69) is 5.09 Å². The van der Waals surface area contributed by atoms with Gasteiger partial charge in [-0.2, -0.15) is 0 Å². The third kappa shape index (κ3) is 7.39. The van der Waals surface area contributed by atoms with Crippen molar-refractivity contribution in [2.75, 3.05) is 33.1 Å². The number of ether oxygens (including phenoxy) is 2. The molecule has 34 heavy (non-hydrogen) atoms. The molecule has 3 rings (SSSR count). The quantitative estimate of drug-likeness (QED) is 0.236. The first-order chi connectivity index (χ1) is 16.1. The second-order valence-corrected chi connectivity index (χ2v) is 12.7. The van der Waals surface area contributed by atoms with Gasteiger partial charge in [-0.05, 0) is 48.6 Å². The van der Waals surface area contributed by atoms with Gasteiger partial charge >= 0.3 is 0 Å². The van der Waals surface area contributed by atoms with Crippen LogP contribution < -0.4 is 9.82 Å². The molecule has 1 aromatic carbocycles. The highest BCUT2D eigenvalue weighted by atomic mass is 35.5. The number of aliphatic hydroxyl groups excluding tert-OH is 4. The first-order valence-electron chi connectivity index (χ1n) is 11.5. The maximum absolute atomic E-state index is 11.6. The van der Waals surface area contributed by atoms with Gasteiger partial charge in [0.15, 0.2) is 0 Å². The molecule has 0 aromatic heterocycles. The Bertz CT molecular complexity index is 914. The monoisotopic (exact) mass is 515 g/mol. The van der Waals surface area contributed by atoms with E-state index >= 15 is 0 Å². The summed E-state index contributed by atoms with van der Waals surface area (Å²) in [5.41, 5.74) is 2.01. The third-order valence-electron chi connectivity index (χ3n) is 6.08. The summed E-state index contributed by atoms with van der Waals surface area (Å²) in [4.78, 5) is 0. The van der Waals surface area contributed by atoms with Gasteiger partial charge in [-0.25, -0.2) is 0 Å². The predicted octanol–water partition coefficient (Wildman–Crippen LogP) is 2.04. The molecule has 1 heterocycles. The molecule has 0 bridgehead atoms. The van der Waals surface area contributed by atoms with Gasteiger partial charge in [0, 0.05) is 30.8 Å². The molecular formula is C24H35ClNO7P. The van der Waals surface area contributed by atoms with Crippen LogP contribution in [-0.2, 0) is 15.7 Å². The Morgan fingerprint density at radius 2 is 1.85 bits per heavy atom. The summed E-state index contributed by atoms with van der Waals surface area (Å²) in [6.07, 6.45) is -0.287. The first-order valence-corrected chi connectivity index (χ1v) is 14.4. The Hall–Kier alpha value is -1.22. The van der Waals surface area contributed by atoms with E-state index in [9.17, 15) is 25.0 Å². The maximum atomic E-state index is 11.6. The SMILES string of the molecule is CP(C)(=O)NCCCOc1ccc(CC2=C(Cl)C=CC(C3OC(CO)C(O)C(O)C3O)C2)cc1. The lowest BCUT2D eigenvalue weighted by atomic mass is 9.81. The minimum absolute atomic E-state index is 0.263. The lowest BCUT2D eigenvalue weighted by Gasteiger charge is -2.43. The van der Waals surface area contributed by atoms with Crippen molar-refractivity contribution in [3.05, 3.63) is 52.6 Å². The molecule has 2 aliphatic rings. The predicted molar refractivity (Wildman–Crippen MR) is 132 cm³/mol. The average molecular weight is 516 g/mol. The van der Waals surface area contributed by atoms with Crippen LogP contribution in [0.25, 0.3) is 0 Å². The molecule has 0 amide bonds. The van der Waals surface area contributed by atoms with Crippen molar-refractivity contribution in [2.24, 2.45) is 5.92 Å². The highest BCUT2D eigenvalue weighted by Crippen LogP contribution is 2.36. The number of nitrogens with one attached hydrogen (secondary N) is 1. The van der Waals surface area contributed by atoms with Crippen LogP contribution in [0.3, 0.4) is 0 Å². The first kappa shape index (κ1) is 27.4. The maximum Gasteiger partial charge on any atom is 0.141 e. The Morgan fingerprint density at radius 1 is 1.15 bits per heavy atom. The summed E-state index contributed by atoms with van der Waals surface area (Å²) in [5, 5.41) is 43.7. The van der Waals surface area contributed by atoms with E-state index < -0.39 is 44.4 Å². The van der Waals surface area contributed by atoms with E-state index in [0.717, 1.165) is 23.3 Å². The molecule has 1 saturated heterocycles. The number of halogens is 1. The fraction of sp³-hybridized carbons (Fsp3) is 0.583. The van der Waals surface area contributed by atoms with Crippen molar-refractivity contribution in [3.63, 3.8) is 0 Å². The van der Waals surface area contributed by atoms with Gasteiger partial charge in [-0.3, -0.25) is 5.09 Å². The largest absolute Gasteiger partial charge is 0.494 e. The summed E-state index contributed by atoms with van der Waals surface area (Å²) in [5.74, 6) is 0.490. The van der Waals surface area contributed by atoms with Crippen LogP contribution in [0.5, 0.6) is 5.75 Å².